The highest BCUT2D eigenvalue weighted by Crippen LogP contribution is 2.42. The summed E-state index contributed by atoms with van der Waals surface area (Å²) in [5.41, 5.74) is 0.400. The number of ether oxygens (including phenoxy) is 1. The largest absolute Gasteiger partial charge is 0.464 e. The lowest BCUT2D eigenvalue weighted by Gasteiger charge is -2.45. The van der Waals surface area contributed by atoms with Crippen molar-refractivity contribution in [2.75, 3.05) is 11.9 Å². The fourth-order valence-electron chi connectivity index (χ4n) is 2.54. The number of anilines is 1. The number of hydrogen-bond donors (Lipinski definition) is 1. The summed E-state index contributed by atoms with van der Waals surface area (Å²) in [6.07, 6.45) is 1.65. The molecule has 1 aliphatic carbocycles. The van der Waals surface area contributed by atoms with Gasteiger partial charge in [0, 0.05) is 10.2 Å². The van der Waals surface area contributed by atoms with E-state index in [1.54, 1.807) is 0 Å². The number of benzene rings is 1. The first kappa shape index (κ1) is 13.4. The lowest BCUT2D eigenvalue weighted by Crippen LogP contribution is -2.56. The molecular weight excluding hydrogens is 294 g/mol. The van der Waals surface area contributed by atoms with E-state index in [9.17, 15) is 4.79 Å². The third-order valence-electron chi connectivity index (χ3n) is 3.31. The first-order valence-corrected chi connectivity index (χ1v) is 7.06. The Labute approximate surface area is 116 Å². The summed E-state index contributed by atoms with van der Waals surface area (Å²) in [4.78, 5) is 12.1. The van der Waals surface area contributed by atoms with Gasteiger partial charge in [-0.25, -0.2) is 4.79 Å². The van der Waals surface area contributed by atoms with Crippen molar-refractivity contribution in [1.29, 1.82) is 0 Å². The van der Waals surface area contributed by atoms with Crippen LogP contribution in [-0.2, 0) is 9.53 Å². The molecule has 1 aromatic carbocycles. The van der Waals surface area contributed by atoms with Gasteiger partial charge in [-0.15, -0.1) is 0 Å². The maximum atomic E-state index is 12.1. The molecule has 0 aromatic heterocycles. The molecule has 0 saturated heterocycles. The first-order valence-electron chi connectivity index (χ1n) is 6.27. The molecule has 18 heavy (non-hydrogen) atoms. The van der Waals surface area contributed by atoms with Crippen molar-refractivity contribution < 1.29 is 9.53 Å². The molecule has 1 N–H and O–H groups in total. The van der Waals surface area contributed by atoms with Crippen LogP contribution in [0.4, 0.5) is 5.69 Å². The highest BCUT2D eigenvalue weighted by atomic mass is 79.9. The predicted octanol–water partition coefficient (Wildman–Crippen LogP) is 3.59. The SMILES string of the molecule is CCOC(=O)C1(Nc2ccccc2Br)CC(C)C1. The fourth-order valence-corrected chi connectivity index (χ4v) is 2.92. The molecule has 0 heterocycles. The molecule has 0 amide bonds. The summed E-state index contributed by atoms with van der Waals surface area (Å²) in [5.74, 6) is 0.420. The minimum Gasteiger partial charge on any atom is -0.464 e. The summed E-state index contributed by atoms with van der Waals surface area (Å²) in [5, 5.41) is 3.35. The number of carbonyl (C=O) groups is 1. The molecule has 0 radical (unpaired) electrons. The Morgan fingerprint density at radius 3 is 2.72 bits per heavy atom. The zero-order valence-electron chi connectivity index (χ0n) is 10.7. The van der Waals surface area contributed by atoms with E-state index < -0.39 is 5.54 Å². The van der Waals surface area contributed by atoms with Crippen LogP contribution >= 0.6 is 15.9 Å². The molecular formula is C14H18BrNO2. The Balaban J connectivity index is 2.17. The second kappa shape index (κ2) is 5.31. The molecule has 0 aliphatic heterocycles. The van der Waals surface area contributed by atoms with Crippen LogP contribution in [-0.4, -0.2) is 18.1 Å². The molecule has 0 spiro atoms. The van der Waals surface area contributed by atoms with Crippen LogP contribution < -0.4 is 5.32 Å². The van der Waals surface area contributed by atoms with Crippen molar-refractivity contribution in [3.63, 3.8) is 0 Å². The van der Waals surface area contributed by atoms with E-state index in [-0.39, 0.29) is 5.97 Å². The summed E-state index contributed by atoms with van der Waals surface area (Å²) in [6, 6.07) is 7.83. The van der Waals surface area contributed by atoms with Crippen LogP contribution in [0.1, 0.15) is 26.7 Å². The number of hydrogen-bond acceptors (Lipinski definition) is 3. The van der Waals surface area contributed by atoms with Crippen molar-refractivity contribution in [3.8, 4) is 0 Å². The molecule has 1 aliphatic rings. The summed E-state index contributed by atoms with van der Waals surface area (Å²) >= 11 is 3.49. The van der Waals surface area contributed by atoms with E-state index in [1.807, 2.05) is 31.2 Å². The lowest BCUT2D eigenvalue weighted by atomic mass is 9.69. The molecule has 0 bridgehead atoms. The number of rotatable bonds is 4. The number of esters is 1. The standard InChI is InChI=1S/C14H18BrNO2/c1-3-18-13(17)14(8-10(2)9-14)16-12-7-5-4-6-11(12)15/h4-7,10,16H,3,8-9H2,1-2H3. The van der Waals surface area contributed by atoms with E-state index in [0.717, 1.165) is 23.0 Å². The molecule has 1 saturated carbocycles. The van der Waals surface area contributed by atoms with Gasteiger partial charge in [-0.2, -0.15) is 0 Å². The molecule has 0 unspecified atom stereocenters. The Morgan fingerprint density at radius 2 is 2.17 bits per heavy atom. The van der Waals surface area contributed by atoms with Crippen molar-refractivity contribution in [1.82, 2.24) is 0 Å². The second-order valence-corrected chi connectivity index (χ2v) is 5.78. The highest BCUT2D eigenvalue weighted by Gasteiger charge is 2.49. The Morgan fingerprint density at radius 1 is 1.50 bits per heavy atom. The summed E-state index contributed by atoms with van der Waals surface area (Å²) in [6.45, 7) is 4.41. The maximum absolute atomic E-state index is 12.1. The van der Waals surface area contributed by atoms with Crippen molar-refractivity contribution >= 4 is 27.6 Å². The molecule has 0 atom stereocenters. The van der Waals surface area contributed by atoms with Gasteiger partial charge in [0.15, 0.2) is 0 Å². The van der Waals surface area contributed by atoms with Gasteiger partial charge in [0.1, 0.15) is 5.54 Å². The molecule has 1 fully saturated rings. The van der Waals surface area contributed by atoms with Crippen LogP contribution in [0.2, 0.25) is 0 Å². The second-order valence-electron chi connectivity index (χ2n) is 4.92. The van der Waals surface area contributed by atoms with Gasteiger partial charge in [-0.3, -0.25) is 0 Å². The topological polar surface area (TPSA) is 38.3 Å². The third kappa shape index (κ3) is 2.53. The molecule has 3 nitrogen and oxygen atoms in total. The monoisotopic (exact) mass is 311 g/mol. The molecule has 1 aromatic rings. The van der Waals surface area contributed by atoms with Gasteiger partial charge in [-0.1, -0.05) is 19.1 Å². The minimum absolute atomic E-state index is 0.140. The van der Waals surface area contributed by atoms with Crippen molar-refractivity contribution in [2.24, 2.45) is 5.92 Å². The van der Waals surface area contributed by atoms with Gasteiger partial charge in [-0.05, 0) is 53.7 Å². The van der Waals surface area contributed by atoms with E-state index >= 15 is 0 Å². The van der Waals surface area contributed by atoms with Crippen molar-refractivity contribution in [2.45, 2.75) is 32.2 Å². The van der Waals surface area contributed by atoms with Gasteiger partial charge < -0.3 is 10.1 Å². The quantitative estimate of drug-likeness (QED) is 0.864. The minimum atomic E-state index is -0.542. The Hall–Kier alpha value is -1.03. The van der Waals surface area contributed by atoms with Crippen molar-refractivity contribution in [3.05, 3.63) is 28.7 Å². The average Bonchev–Trinajstić information content (AvgIpc) is 2.30. The van der Waals surface area contributed by atoms with E-state index in [0.29, 0.717) is 12.5 Å². The van der Waals surface area contributed by atoms with Crippen LogP contribution in [0.25, 0.3) is 0 Å². The summed E-state index contributed by atoms with van der Waals surface area (Å²) < 4.78 is 6.16. The van der Waals surface area contributed by atoms with E-state index in [2.05, 4.69) is 28.2 Å². The molecule has 4 heteroatoms. The van der Waals surface area contributed by atoms with Gasteiger partial charge in [0.05, 0.1) is 6.61 Å². The number of carbonyl (C=O) groups excluding carboxylic acids is 1. The Kier molecular flexibility index (Phi) is 3.95. The fraction of sp³-hybridized carbons (Fsp3) is 0.500. The average molecular weight is 312 g/mol. The number of nitrogens with one attached hydrogen (secondary N) is 1. The van der Waals surface area contributed by atoms with Crippen LogP contribution in [0.5, 0.6) is 0 Å². The van der Waals surface area contributed by atoms with Gasteiger partial charge in [0.25, 0.3) is 0 Å². The highest BCUT2D eigenvalue weighted by molar-refractivity contribution is 9.10. The number of para-hydroxylation sites is 1. The zero-order valence-corrected chi connectivity index (χ0v) is 12.3. The van der Waals surface area contributed by atoms with Gasteiger partial charge >= 0.3 is 5.97 Å². The van der Waals surface area contributed by atoms with E-state index in [4.69, 9.17) is 4.74 Å². The van der Waals surface area contributed by atoms with E-state index in [1.165, 1.54) is 0 Å². The zero-order chi connectivity index (χ0) is 13.2. The summed E-state index contributed by atoms with van der Waals surface area (Å²) in [7, 11) is 0. The number of halogens is 1. The van der Waals surface area contributed by atoms with Crippen LogP contribution in [0.3, 0.4) is 0 Å². The lowest BCUT2D eigenvalue weighted by molar-refractivity contribution is -0.153. The van der Waals surface area contributed by atoms with Gasteiger partial charge in [0.2, 0.25) is 0 Å². The third-order valence-corrected chi connectivity index (χ3v) is 4.00. The normalized spacial score (nSPS) is 26.3. The predicted molar refractivity (Wildman–Crippen MR) is 75.5 cm³/mol. The molecule has 98 valence electrons. The van der Waals surface area contributed by atoms with Crippen LogP contribution in [0.15, 0.2) is 28.7 Å². The first-order chi connectivity index (χ1) is 8.57. The molecule has 2 rings (SSSR count). The Bertz CT molecular complexity index is 441. The smallest absolute Gasteiger partial charge is 0.331 e. The maximum Gasteiger partial charge on any atom is 0.331 e. The van der Waals surface area contributed by atoms with Crippen LogP contribution in [0, 0.1) is 5.92 Å².